The topological polar surface area (TPSA) is 40.5 Å². The average molecular weight is 1080 g/mol. The average Bonchev–Trinajstić information content (AvgIpc) is 3.70. The standard InChI is InChI=1S/C68H72O2S2.Zr/c1-65(2,3)57-43-49(63(69)59(45-57)67(51-29-15-9-16-30-51,52-31-17-10-18-32-52)53-33-19-11-20-34-53)47-71-61-41-27-7-8-28-42-62(61)72-48-50-44-58(66(4,5)6)46-60(64(50)70)68(54-35-21-12-22-36-54,55-37-23-13-24-38-55)56-39-25-14-26-40-56;/h9-26,29-40,43-46,61-62,69-70H,7-8,27-28,41-42,47-48H2,1-6H3;/t61-,62?;/m0./s1. The van der Waals surface area contributed by atoms with Crippen molar-refractivity contribution in [1.29, 1.82) is 0 Å². The van der Waals surface area contributed by atoms with Gasteiger partial charge in [0.15, 0.2) is 0 Å². The van der Waals surface area contributed by atoms with Crippen molar-refractivity contribution in [1.82, 2.24) is 0 Å². The van der Waals surface area contributed by atoms with Crippen molar-refractivity contribution in [3.8, 4) is 11.5 Å². The third-order valence-electron chi connectivity index (χ3n) is 15.9. The molecule has 4 atom stereocenters. The first-order valence-electron chi connectivity index (χ1n) is 26.5. The molecule has 8 aromatic rings. The number of aromatic hydroxyl groups is 2. The van der Waals surface area contributed by atoms with E-state index in [2.05, 4.69) is 248 Å². The van der Waals surface area contributed by atoms with Crippen LogP contribution in [-0.2, 0) is 52.3 Å². The first-order chi connectivity index (χ1) is 35.3. The molecule has 2 N–H and O–H groups in total. The van der Waals surface area contributed by atoms with Gasteiger partial charge >= 0.3 is 452 Å². The van der Waals surface area contributed by atoms with Gasteiger partial charge in [-0.25, -0.2) is 0 Å². The van der Waals surface area contributed by atoms with Crippen molar-refractivity contribution in [2.45, 2.75) is 124 Å². The Morgan fingerprint density at radius 2 is 0.630 bits per heavy atom. The van der Waals surface area contributed by atoms with Crippen LogP contribution in [0.1, 0.15) is 147 Å². The Morgan fingerprint density at radius 3 is 0.877 bits per heavy atom. The van der Waals surface area contributed by atoms with Crippen LogP contribution in [-0.4, -0.2) is 20.7 Å². The second-order valence-electron chi connectivity index (χ2n) is 22.6. The van der Waals surface area contributed by atoms with Crippen molar-refractivity contribution in [3.63, 3.8) is 0 Å². The van der Waals surface area contributed by atoms with Gasteiger partial charge in [0.2, 0.25) is 0 Å². The second-order valence-corrected chi connectivity index (χ2v) is 38.1. The maximum absolute atomic E-state index is 13.4. The number of hydrogen-bond donors (Lipinski definition) is 2. The van der Waals surface area contributed by atoms with Crippen LogP contribution in [0.2, 0.25) is 0 Å². The summed E-state index contributed by atoms with van der Waals surface area (Å²) in [5.41, 5.74) is 11.8. The number of benzene rings is 8. The quantitative estimate of drug-likeness (QED) is 0.120. The van der Waals surface area contributed by atoms with Crippen molar-refractivity contribution in [2.75, 3.05) is 0 Å². The molecule has 8 aromatic carbocycles. The molecule has 0 radical (unpaired) electrons. The zero-order valence-corrected chi connectivity index (χ0v) is 47.7. The van der Waals surface area contributed by atoms with Crippen LogP contribution in [0.5, 0.6) is 11.5 Å². The summed E-state index contributed by atoms with van der Waals surface area (Å²) in [5, 5.41) is 28.0. The molecule has 2 aliphatic rings. The van der Waals surface area contributed by atoms with Crippen LogP contribution in [0.15, 0.2) is 206 Å². The van der Waals surface area contributed by atoms with E-state index < -0.39 is 30.0 Å². The molecule has 0 saturated heterocycles. The van der Waals surface area contributed by atoms with E-state index in [0.29, 0.717) is 22.0 Å². The van der Waals surface area contributed by atoms with Crippen molar-refractivity contribution in [3.05, 3.63) is 273 Å². The first kappa shape index (κ1) is 51.4. The summed E-state index contributed by atoms with van der Waals surface area (Å²) in [4.78, 5) is 0. The zero-order valence-electron chi connectivity index (χ0n) is 43.7. The Labute approximate surface area is 448 Å². The van der Waals surface area contributed by atoms with Gasteiger partial charge < -0.3 is 0 Å². The summed E-state index contributed by atoms with van der Waals surface area (Å²) < 4.78 is 0. The summed E-state index contributed by atoms with van der Waals surface area (Å²) in [6.07, 6.45) is 7.71. The van der Waals surface area contributed by atoms with E-state index in [1.165, 1.54) is 49.7 Å². The molecule has 0 spiro atoms. The van der Waals surface area contributed by atoms with Crippen LogP contribution in [0.4, 0.5) is 0 Å². The summed E-state index contributed by atoms with van der Waals surface area (Å²) in [6.45, 7) is 14.0. The predicted octanol–water partition coefficient (Wildman–Crippen LogP) is 17.7. The summed E-state index contributed by atoms with van der Waals surface area (Å²) >= 11 is -1.12. The summed E-state index contributed by atoms with van der Waals surface area (Å²) in [5.74, 6) is 2.74. The SMILES string of the molecule is CC(C)(C)c1cc(C[S]2=[Zr]=[S](Cc3cc(C(C)(C)C)cc(C(c4ccccc4)(c4ccccc4)c4ccccc4)c3O)[C@H]3CCCCCCC32)c(O)c(C(c2ccccc2)(c2ccccc2)c2ccccc2)c1. The monoisotopic (exact) mass is 1070 g/mol. The number of phenolic OH excluding ortho intramolecular Hbond substituents is 2. The molecule has 2 nitrogen and oxygen atoms in total. The van der Waals surface area contributed by atoms with Crippen LogP contribution in [0.3, 0.4) is 0 Å². The van der Waals surface area contributed by atoms with Gasteiger partial charge in [-0.2, -0.15) is 0 Å². The third-order valence-corrected chi connectivity index (χ3v) is 37.7. The fourth-order valence-electron chi connectivity index (χ4n) is 12.0. The van der Waals surface area contributed by atoms with Crippen molar-refractivity contribution >= 4 is 14.2 Å². The minimum atomic E-state index is -1.12. The predicted molar refractivity (Wildman–Crippen MR) is 308 cm³/mol. The maximum atomic E-state index is 13.4. The van der Waals surface area contributed by atoms with Gasteiger partial charge in [0.05, 0.1) is 0 Å². The van der Waals surface area contributed by atoms with E-state index in [4.69, 9.17) is 0 Å². The Balaban J connectivity index is 1.19. The molecule has 10 rings (SSSR count). The molecule has 1 aliphatic carbocycles. The molecule has 0 bridgehead atoms. The number of rotatable bonds is 12. The van der Waals surface area contributed by atoms with Gasteiger partial charge in [-0.1, -0.05) is 0 Å². The normalized spacial score (nSPS) is 18.4. The number of hydrogen-bond acceptors (Lipinski definition) is 2. The molecular formula is C68H72O2S2Zr. The molecule has 0 amide bonds. The second kappa shape index (κ2) is 21.7. The van der Waals surface area contributed by atoms with Gasteiger partial charge in [-0.3, -0.25) is 0 Å². The zero-order chi connectivity index (χ0) is 50.8. The van der Waals surface area contributed by atoms with Crippen molar-refractivity contribution < 1.29 is 29.4 Å². The van der Waals surface area contributed by atoms with E-state index in [1.807, 2.05) is 0 Å². The van der Waals surface area contributed by atoms with E-state index >= 15 is 0 Å². The van der Waals surface area contributed by atoms with E-state index in [0.717, 1.165) is 67.1 Å². The Bertz CT molecular complexity index is 2830. The van der Waals surface area contributed by atoms with E-state index in [-0.39, 0.29) is 25.1 Å². The summed E-state index contributed by atoms with van der Waals surface area (Å²) in [7, 11) is 0.338. The Hall–Kier alpha value is -5.06. The number of fused-ring (bicyclic) bond motifs is 1. The van der Waals surface area contributed by atoms with Gasteiger partial charge in [0.25, 0.3) is 0 Å². The van der Waals surface area contributed by atoms with E-state index in [1.54, 1.807) is 0 Å². The van der Waals surface area contributed by atoms with Gasteiger partial charge in [-0.15, -0.1) is 0 Å². The van der Waals surface area contributed by atoms with Crippen molar-refractivity contribution in [2.24, 2.45) is 0 Å². The van der Waals surface area contributed by atoms with E-state index in [9.17, 15) is 10.2 Å². The van der Waals surface area contributed by atoms with Crippen LogP contribution >= 0.6 is 14.2 Å². The molecule has 0 aromatic heterocycles. The molecule has 372 valence electrons. The first-order valence-corrected chi connectivity index (χ1v) is 35.5. The fourth-order valence-corrected chi connectivity index (χ4v) is 40.9. The van der Waals surface area contributed by atoms with Crippen LogP contribution < -0.4 is 0 Å². The number of phenols is 2. The Morgan fingerprint density at radius 1 is 0.370 bits per heavy atom. The molecule has 1 fully saturated rings. The molecule has 1 heterocycles. The molecule has 73 heavy (non-hydrogen) atoms. The molecule has 1 saturated carbocycles. The van der Waals surface area contributed by atoms with Gasteiger partial charge in [0.1, 0.15) is 0 Å². The molecule has 5 heteroatoms. The fraction of sp³-hybridized carbons (Fsp3) is 0.294. The molecule has 3 unspecified atom stereocenters. The molecule has 1 aliphatic heterocycles. The third kappa shape index (κ3) is 10.0. The summed E-state index contributed by atoms with van der Waals surface area (Å²) in [6, 6.07) is 74.8. The Kier molecular flexibility index (Phi) is 15.3. The van der Waals surface area contributed by atoms with Gasteiger partial charge in [0, 0.05) is 0 Å². The van der Waals surface area contributed by atoms with Crippen LogP contribution in [0.25, 0.3) is 0 Å². The molecular weight excluding hydrogens is 1000 g/mol. The van der Waals surface area contributed by atoms with Crippen LogP contribution in [0, 0.1) is 0 Å². The van der Waals surface area contributed by atoms with Gasteiger partial charge in [-0.05, 0) is 0 Å². The minimum absolute atomic E-state index is 0.152.